The van der Waals surface area contributed by atoms with Crippen LogP contribution in [0.4, 0.5) is 0 Å². The van der Waals surface area contributed by atoms with Gasteiger partial charge in [0.2, 0.25) is 0 Å². The maximum absolute atomic E-state index is 6.16. The van der Waals surface area contributed by atoms with Crippen LogP contribution in [0.5, 0.6) is 0 Å². The second-order valence-electron chi connectivity index (χ2n) is 3.87. The molecule has 1 unspecified atom stereocenters. The van der Waals surface area contributed by atoms with E-state index in [2.05, 4.69) is 11.1 Å². The first-order valence-corrected chi connectivity index (χ1v) is 5.72. The first-order valence-electron chi connectivity index (χ1n) is 5.34. The number of nitrogens with zero attached hydrogens (tertiary/aromatic N) is 1. The molecular weight excluding hydrogens is 208 g/mol. The molecule has 0 fully saturated rings. The van der Waals surface area contributed by atoms with Gasteiger partial charge in [0, 0.05) is 6.20 Å². The Labute approximate surface area is 95.2 Å². The van der Waals surface area contributed by atoms with E-state index in [9.17, 15) is 0 Å². The monoisotopic (exact) mass is 222 g/mol. The van der Waals surface area contributed by atoms with Crippen LogP contribution in [0.25, 0.3) is 0 Å². The molecule has 3 heteroatoms. The van der Waals surface area contributed by atoms with Crippen LogP contribution in [0.15, 0.2) is 30.0 Å². The van der Waals surface area contributed by atoms with Crippen molar-refractivity contribution in [2.24, 2.45) is 5.73 Å². The third-order valence-corrected chi connectivity index (χ3v) is 3.13. The Balaban J connectivity index is 2.23. The van der Waals surface area contributed by atoms with Crippen molar-refractivity contribution in [2.75, 3.05) is 0 Å². The summed E-state index contributed by atoms with van der Waals surface area (Å²) >= 11 is 6.07. The van der Waals surface area contributed by atoms with Crippen molar-refractivity contribution >= 4 is 11.6 Å². The normalized spacial score (nSPS) is 18.4. The quantitative estimate of drug-likeness (QED) is 0.781. The summed E-state index contributed by atoms with van der Waals surface area (Å²) in [4.78, 5) is 4.26. The Morgan fingerprint density at radius 1 is 1.40 bits per heavy atom. The van der Waals surface area contributed by atoms with Gasteiger partial charge in [0.1, 0.15) is 0 Å². The van der Waals surface area contributed by atoms with Gasteiger partial charge in [-0.25, -0.2) is 0 Å². The molecular formula is C12H15ClN2. The summed E-state index contributed by atoms with van der Waals surface area (Å²) in [5.41, 5.74) is 8.23. The molecule has 1 aliphatic carbocycles. The summed E-state index contributed by atoms with van der Waals surface area (Å²) in [7, 11) is 0. The van der Waals surface area contributed by atoms with E-state index in [-0.39, 0.29) is 6.04 Å². The Bertz CT molecular complexity index is 374. The van der Waals surface area contributed by atoms with Crippen molar-refractivity contribution in [1.82, 2.24) is 4.98 Å². The number of allylic oxidation sites excluding steroid dienone is 1. The minimum absolute atomic E-state index is 0.126. The van der Waals surface area contributed by atoms with Crippen LogP contribution in [0.1, 0.15) is 37.4 Å². The van der Waals surface area contributed by atoms with Crippen LogP contribution in [-0.4, -0.2) is 4.98 Å². The van der Waals surface area contributed by atoms with E-state index in [0.717, 1.165) is 18.5 Å². The van der Waals surface area contributed by atoms with E-state index in [1.165, 1.54) is 18.4 Å². The molecule has 0 saturated carbocycles. The maximum atomic E-state index is 6.16. The number of nitrogens with two attached hydrogens (primary N) is 1. The van der Waals surface area contributed by atoms with Gasteiger partial charge in [0.05, 0.1) is 16.8 Å². The molecule has 80 valence electrons. The van der Waals surface area contributed by atoms with Crippen LogP contribution < -0.4 is 5.73 Å². The van der Waals surface area contributed by atoms with E-state index >= 15 is 0 Å². The molecule has 1 aromatic rings. The standard InChI is InChI=1S/C12H15ClN2/c13-10-7-4-8-15-12(10)11(14)9-5-2-1-3-6-9/h4-5,7-8,11H,1-3,6,14H2. The second-order valence-corrected chi connectivity index (χ2v) is 4.28. The van der Waals surface area contributed by atoms with Gasteiger partial charge in [0.15, 0.2) is 0 Å². The summed E-state index contributed by atoms with van der Waals surface area (Å²) in [6.45, 7) is 0. The van der Waals surface area contributed by atoms with E-state index in [1.807, 2.05) is 12.1 Å². The average molecular weight is 223 g/mol. The number of halogens is 1. The van der Waals surface area contributed by atoms with Gasteiger partial charge in [-0.1, -0.05) is 23.3 Å². The summed E-state index contributed by atoms with van der Waals surface area (Å²) in [6.07, 6.45) is 8.68. The Morgan fingerprint density at radius 3 is 2.93 bits per heavy atom. The van der Waals surface area contributed by atoms with Gasteiger partial charge in [-0.15, -0.1) is 0 Å². The maximum Gasteiger partial charge on any atom is 0.0798 e. The molecule has 2 nitrogen and oxygen atoms in total. The van der Waals surface area contributed by atoms with Gasteiger partial charge in [-0.3, -0.25) is 4.98 Å². The fraction of sp³-hybridized carbons (Fsp3) is 0.417. The highest BCUT2D eigenvalue weighted by molar-refractivity contribution is 6.31. The lowest BCUT2D eigenvalue weighted by Crippen LogP contribution is -2.16. The van der Waals surface area contributed by atoms with Crippen molar-refractivity contribution in [3.05, 3.63) is 40.7 Å². The van der Waals surface area contributed by atoms with Gasteiger partial charge < -0.3 is 5.73 Å². The molecule has 0 amide bonds. The van der Waals surface area contributed by atoms with Crippen molar-refractivity contribution in [3.63, 3.8) is 0 Å². The lowest BCUT2D eigenvalue weighted by atomic mass is 9.92. The van der Waals surface area contributed by atoms with Crippen molar-refractivity contribution in [3.8, 4) is 0 Å². The Hall–Kier alpha value is -0.860. The molecule has 0 aliphatic heterocycles. The Kier molecular flexibility index (Phi) is 3.39. The fourth-order valence-corrected chi connectivity index (χ4v) is 2.19. The first kappa shape index (κ1) is 10.7. The Morgan fingerprint density at radius 2 is 2.27 bits per heavy atom. The van der Waals surface area contributed by atoms with Crippen LogP contribution in [0.2, 0.25) is 5.02 Å². The largest absolute Gasteiger partial charge is 0.319 e. The third kappa shape index (κ3) is 2.39. The second kappa shape index (κ2) is 4.77. The molecule has 0 saturated heterocycles. The summed E-state index contributed by atoms with van der Waals surface area (Å²) in [5.74, 6) is 0. The smallest absolute Gasteiger partial charge is 0.0798 e. The zero-order chi connectivity index (χ0) is 10.7. The molecule has 0 aromatic carbocycles. The highest BCUT2D eigenvalue weighted by Crippen LogP contribution is 2.29. The number of aromatic nitrogens is 1. The topological polar surface area (TPSA) is 38.9 Å². The summed E-state index contributed by atoms with van der Waals surface area (Å²) in [6, 6.07) is 3.54. The van der Waals surface area contributed by atoms with E-state index in [4.69, 9.17) is 17.3 Å². The minimum atomic E-state index is -0.126. The number of rotatable bonds is 2. The van der Waals surface area contributed by atoms with Crippen molar-refractivity contribution < 1.29 is 0 Å². The zero-order valence-electron chi connectivity index (χ0n) is 8.62. The third-order valence-electron chi connectivity index (χ3n) is 2.81. The zero-order valence-corrected chi connectivity index (χ0v) is 9.37. The van der Waals surface area contributed by atoms with Crippen LogP contribution in [0, 0.1) is 0 Å². The average Bonchev–Trinajstić information content (AvgIpc) is 2.30. The molecule has 2 rings (SSSR count). The molecule has 1 atom stereocenters. The number of pyridine rings is 1. The molecule has 2 N–H and O–H groups in total. The number of hydrogen-bond acceptors (Lipinski definition) is 2. The lowest BCUT2D eigenvalue weighted by molar-refractivity contribution is 0.641. The molecule has 0 spiro atoms. The summed E-state index contributed by atoms with van der Waals surface area (Å²) < 4.78 is 0. The molecule has 15 heavy (non-hydrogen) atoms. The van der Waals surface area contributed by atoms with E-state index < -0.39 is 0 Å². The molecule has 1 heterocycles. The minimum Gasteiger partial charge on any atom is -0.319 e. The van der Waals surface area contributed by atoms with Gasteiger partial charge >= 0.3 is 0 Å². The summed E-state index contributed by atoms with van der Waals surface area (Å²) in [5, 5.41) is 0.663. The van der Waals surface area contributed by atoms with Crippen molar-refractivity contribution in [1.29, 1.82) is 0 Å². The highest BCUT2D eigenvalue weighted by Gasteiger charge is 2.17. The molecule has 1 aliphatic rings. The first-order chi connectivity index (χ1) is 7.29. The van der Waals surface area contributed by atoms with Crippen molar-refractivity contribution in [2.45, 2.75) is 31.7 Å². The van der Waals surface area contributed by atoms with Crippen LogP contribution in [-0.2, 0) is 0 Å². The van der Waals surface area contributed by atoms with E-state index in [0.29, 0.717) is 5.02 Å². The molecule has 0 bridgehead atoms. The molecule has 1 aromatic heterocycles. The van der Waals surface area contributed by atoms with Gasteiger partial charge in [-0.05, 0) is 37.8 Å². The SMILES string of the molecule is NC(C1=CCCCC1)c1ncccc1Cl. The van der Waals surface area contributed by atoms with E-state index in [1.54, 1.807) is 6.20 Å². The van der Waals surface area contributed by atoms with Crippen LogP contribution in [0.3, 0.4) is 0 Å². The van der Waals surface area contributed by atoms with Crippen LogP contribution >= 0.6 is 11.6 Å². The van der Waals surface area contributed by atoms with Gasteiger partial charge in [0.25, 0.3) is 0 Å². The lowest BCUT2D eigenvalue weighted by Gasteiger charge is -2.19. The fourth-order valence-electron chi connectivity index (χ4n) is 1.95. The van der Waals surface area contributed by atoms with Gasteiger partial charge in [-0.2, -0.15) is 0 Å². The number of hydrogen-bond donors (Lipinski definition) is 1. The molecule has 0 radical (unpaired) electrons. The predicted molar refractivity (Wildman–Crippen MR) is 62.7 cm³/mol. The highest BCUT2D eigenvalue weighted by atomic mass is 35.5. The predicted octanol–water partition coefficient (Wildman–Crippen LogP) is 3.24.